The van der Waals surface area contributed by atoms with Crippen LogP contribution in [0.2, 0.25) is 0 Å². The minimum Gasteiger partial charge on any atom is -0.475 e. The first-order valence-corrected chi connectivity index (χ1v) is 11.3. The zero-order valence-electron chi connectivity index (χ0n) is 20.6. The van der Waals surface area contributed by atoms with Gasteiger partial charge in [0, 0.05) is 38.1 Å². The molecule has 214 valence electrons. The Bertz CT molecular complexity index is 1090. The first-order chi connectivity index (χ1) is 18.0. The number of aromatic nitrogens is 1. The summed E-state index contributed by atoms with van der Waals surface area (Å²) in [5, 5.41) is 14.2. The highest BCUT2D eigenvalue weighted by Crippen LogP contribution is 2.33. The predicted molar refractivity (Wildman–Crippen MR) is 126 cm³/mol. The fraction of sp³-hybridized carbons (Fsp3) is 0.417. The molecule has 39 heavy (non-hydrogen) atoms. The molecule has 0 aliphatic carbocycles. The Morgan fingerprint density at radius 2 is 1.46 bits per heavy atom. The van der Waals surface area contributed by atoms with E-state index in [1.54, 1.807) is 0 Å². The Morgan fingerprint density at radius 1 is 0.923 bits per heavy atom. The van der Waals surface area contributed by atoms with Crippen LogP contribution >= 0.6 is 0 Å². The molecule has 15 heteroatoms. The molecular weight excluding hydrogens is 538 g/mol. The lowest BCUT2D eigenvalue weighted by Crippen LogP contribution is -2.64. The summed E-state index contributed by atoms with van der Waals surface area (Å²) in [6.45, 7) is 4.11. The maximum absolute atomic E-state index is 12.6. The Morgan fingerprint density at radius 3 is 1.95 bits per heavy atom. The number of hydrogen-bond donors (Lipinski definition) is 2. The third-order valence-electron chi connectivity index (χ3n) is 6.01. The smallest absolute Gasteiger partial charge is 0.475 e. The third kappa shape index (κ3) is 9.21. The van der Waals surface area contributed by atoms with E-state index in [1.807, 2.05) is 53.6 Å². The van der Waals surface area contributed by atoms with Crippen molar-refractivity contribution in [1.82, 2.24) is 14.8 Å². The number of amides is 1. The Balaban J connectivity index is 0.000000317. The second-order valence-corrected chi connectivity index (χ2v) is 8.78. The molecule has 1 aromatic heterocycles. The molecule has 3 heterocycles. The fourth-order valence-electron chi connectivity index (χ4n) is 4.04. The number of carbonyl (C=O) groups is 3. The molecule has 2 fully saturated rings. The zero-order valence-corrected chi connectivity index (χ0v) is 20.6. The summed E-state index contributed by atoms with van der Waals surface area (Å²) < 4.78 is 63.5. The van der Waals surface area contributed by atoms with Crippen molar-refractivity contribution in [3.63, 3.8) is 0 Å². The second-order valence-electron chi connectivity index (χ2n) is 8.78. The molecule has 1 unspecified atom stereocenters. The number of carbonyl (C=O) groups excluding carboxylic acids is 1. The van der Waals surface area contributed by atoms with Gasteiger partial charge >= 0.3 is 24.3 Å². The van der Waals surface area contributed by atoms with E-state index in [0.717, 1.165) is 44.0 Å². The summed E-state index contributed by atoms with van der Waals surface area (Å²) in [5.74, 6) is -5.33. The number of benzene rings is 1. The quantitative estimate of drug-likeness (QED) is 0.547. The van der Waals surface area contributed by atoms with E-state index in [2.05, 4.69) is 27.9 Å². The number of nitrogens with zero attached hydrogens (tertiary/aromatic N) is 4. The highest BCUT2D eigenvalue weighted by atomic mass is 19.4. The van der Waals surface area contributed by atoms with E-state index in [9.17, 15) is 31.1 Å². The number of carboxylic acids is 2. The predicted octanol–water partition coefficient (Wildman–Crippen LogP) is 3.27. The Labute approximate surface area is 219 Å². The summed E-state index contributed by atoms with van der Waals surface area (Å²) in [4.78, 5) is 41.5. The van der Waals surface area contributed by atoms with E-state index in [0.29, 0.717) is 6.54 Å². The number of hydrogen-bond acceptors (Lipinski definition) is 6. The van der Waals surface area contributed by atoms with Crippen LogP contribution in [0.15, 0.2) is 54.7 Å². The van der Waals surface area contributed by atoms with E-state index >= 15 is 0 Å². The molecule has 0 bridgehead atoms. The van der Waals surface area contributed by atoms with Gasteiger partial charge in [0.15, 0.2) is 0 Å². The van der Waals surface area contributed by atoms with Gasteiger partial charge in [-0.1, -0.05) is 24.3 Å². The molecule has 1 spiro atoms. The van der Waals surface area contributed by atoms with Crippen molar-refractivity contribution in [2.45, 2.75) is 30.9 Å². The number of halogens is 6. The van der Waals surface area contributed by atoms with Crippen molar-refractivity contribution in [2.24, 2.45) is 0 Å². The van der Waals surface area contributed by atoms with E-state index in [-0.39, 0.29) is 11.4 Å². The van der Waals surface area contributed by atoms with Crippen molar-refractivity contribution < 1.29 is 50.9 Å². The number of anilines is 1. The molecule has 1 amide bonds. The first-order valence-electron chi connectivity index (χ1n) is 11.3. The molecule has 2 aromatic rings. The summed E-state index contributed by atoms with van der Waals surface area (Å²) >= 11 is 0. The van der Waals surface area contributed by atoms with Crippen LogP contribution in [0.4, 0.5) is 32.0 Å². The van der Waals surface area contributed by atoms with Gasteiger partial charge in [-0.3, -0.25) is 19.6 Å². The monoisotopic (exact) mass is 564 g/mol. The van der Waals surface area contributed by atoms with Crippen LogP contribution in [0.3, 0.4) is 0 Å². The SMILES string of the molecule is CN1CC(=O)N(c2ccccc2)CC12CCN(Cc1ccccn1)C2.O=C(O)C(F)(F)F.O=C(O)C(F)(F)F. The van der Waals surface area contributed by atoms with Crippen molar-refractivity contribution in [3.8, 4) is 0 Å². The van der Waals surface area contributed by atoms with Gasteiger partial charge in [-0.2, -0.15) is 26.3 Å². The summed E-state index contributed by atoms with van der Waals surface area (Å²) in [7, 11) is 2.09. The van der Waals surface area contributed by atoms with Crippen molar-refractivity contribution in [1.29, 1.82) is 0 Å². The maximum atomic E-state index is 12.6. The fourth-order valence-corrected chi connectivity index (χ4v) is 4.04. The van der Waals surface area contributed by atoms with Crippen LogP contribution in [0.25, 0.3) is 0 Å². The average Bonchev–Trinajstić information content (AvgIpc) is 3.26. The second kappa shape index (κ2) is 12.9. The Kier molecular flexibility index (Phi) is 10.4. The third-order valence-corrected chi connectivity index (χ3v) is 6.01. The number of likely N-dealkylation sites (N-methyl/N-ethyl adjacent to an activating group) is 1. The standard InChI is InChI=1S/C20H24N4O.2C2HF3O2/c1-22-14-19(25)24(18-8-3-2-4-9-18)16-20(22)10-12-23(15-20)13-17-7-5-6-11-21-17;2*3-2(4,5)1(6)7/h2-9,11H,10,12-16H2,1H3;2*(H,6,7). The van der Waals surface area contributed by atoms with Crippen LogP contribution in [-0.2, 0) is 20.9 Å². The summed E-state index contributed by atoms with van der Waals surface area (Å²) in [6.07, 6.45) is -7.24. The van der Waals surface area contributed by atoms with Gasteiger partial charge in [0.25, 0.3) is 0 Å². The lowest BCUT2D eigenvalue weighted by Gasteiger charge is -2.47. The molecular formula is C24H26F6N4O5. The van der Waals surface area contributed by atoms with Crippen molar-refractivity contribution >= 4 is 23.5 Å². The van der Waals surface area contributed by atoms with Gasteiger partial charge in [-0.05, 0) is 37.7 Å². The first kappa shape index (κ1) is 31.5. The van der Waals surface area contributed by atoms with Crippen LogP contribution in [0.5, 0.6) is 0 Å². The van der Waals surface area contributed by atoms with Gasteiger partial charge in [0.2, 0.25) is 5.91 Å². The van der Waals surface area contributed by atoms with E-state index < -0.39 is 24.3 Å². The minimum absolute atomic E-state index is 0.0263. The molecule has 4 rings (SSSR count). The average molecular weight is 564 g/mol. The molecule has 2 N–H and O–H groups in total. The minimum atomic E-state index is -5.08. The van der Waals surface area contributed by atoms with Gasteiger partial charge < -0.3 is 15.1 Å². The van der Waals surface area contributed by atoms with E-state index in [4.69, 9.17) is 19.8 Å². The number of rotatable bonds is 3. The van der Waals surface area contributed by atoms with Gasteiger partial charge in [-0.15, -0.1) is 0 Å². The van der Waals surface area contributed by atoms with E-state index in [1.165, 1.54) is 0 Å². The number of alkyl halides is 6. The molecule has 9 nitrogen and oxygen atoms in total. The highest BCUT2D eigenvalue weighted by molar-refractivity contribution is 5.96. The number of pyridine rings is 1. The van der Waals surface area contributed by atoms with Gasteiger partial charge in [0.1, 0.15) is 0 Å². The summed E-state index contributed by atoms with van der Waals surface area (Å²) in [5.41, 5.74) is 2.13. The van der Waals surface area contributed by atoms with Gasteiger partial charge in [0.05, 0.1) is 17.8 Å². The number of para-hydroxylation sites is 1. The van der Waals surface area contributed by atoms with Crippen LogP contribution < -0.4 is 4.90 Å². The molecule has 2 aliphatic rings. The number of aliphatic carboxylic acids is 2. The molecule has 2 aliphatic heterocycles. The normalized spacial score (nSPS) is 20.1. The van der Waals surface area contributed by atoms with Gasteiger partial charge in [-0.25, -0.2) is 9.59 Å². The van der Waals surface area contributed by atoms with Crippen LogP contribution in [-0.4, -0.2) is 94.0 Å². The van der Waals surface area contributed by atoms with Crippen molar-refractivity contribution in [3.05, 3.63) is 60.4 Å². The molecule has 2 saturated heterocycles. The van der Waals surface area contributed by atoms with Crippen molar-refractivity contribution in [2.75, 3.05) is 38.1 Å². The zero-order chi connectivity index (χ0) is 29.4. The molecule has 0 saturated carbocycles. The maximum Gasteiger partial charge on any atom is 0.490 e. The Hall–Kier alpha value is -3.72. The topological polar surface area (TPSA) is 114 Å². The number of likely N-dealkylation sites (tertiary alicyclic amines) is 1. The molecule has 0 radical (unpaired) electrons. The van der Waals surface area contributed by atoms with Crippen LogP contribution in [0, 0.1) is 0 Å². The number of piperazine rings is 1. The van der Waals surface area contributed by atoms with Crippen LogP contribution in [0.1, 0.15) is 12.1 Å². The lowest BCUT2D eigenvalue weighted by molar-refractivity contribution is -0.193. The summed E-state index contributed by atoms with van der Waals surface area (Å²) in [6, 6.07) is 16.1. The largest absolute Gasteiger partial charge is 0.490 e. The molecule has 1 aromatic carbocycles. The molecule has 1 atom stereocenters. The number of carboxylic acid groups (broad SMARTS) is 2. The lowest BCUT2D eigenvalue weighted by atomic mass is 9.92. The highest BCUT2D eigenvalue weighted by Gasteiger charge is 2.47.